The Labute approximate surface area is 127 Å². The number of anilines is 2. The molecule has 0 atom stereocenters. The molecule has 0 fully saturated rings. The van der Waals surface area contributed by atoms with Crippen molar-refractivity contribution in [2.24, 2.45) is 7.05 Å². The third-order valence-electron chi connectivity index (χ3n) is 2.53. The molecule has 1 aromatic carbocycles. The lowest BCUT2D eigenvalue weighted by Crippen LogP contribution is -2.18. The number of nitrogens with zero attached hydrogens (tertiary/aromatic N) is 3. The van der Waals surface area contributed by atoms with E-state index in [0.29, 0.717) is 0 Å². The Balaban J connectivity index is 2.40. The SMILES string of the molecule is Cn1nnc(Br)c1S(=O)(=O)Nc1ccc(C(=O)O)cc1N. The van der Waals surface area contributed by atoms with Crippen LogP contribution >= 0.6 is 15.9 Å². The molecule has 1 heterocycles. The van der Waals surface area contributed by atoms with Crippen LogP contribution < -0.4 is 10.5 Å². The molecule has 0 amide bonds. The van der Waals surface area contributed by atoms with Crippen LogP contribution in [0.15, 0.2) is 27.8 Å². The second-order valence-corrected chi connectivity index (χ2v) is 6.37. The van der Waals surface area contributed by atoms with Crippen LogP contribution in [0.4, 0.5) is 11.4 Å². The minimum atomic E-state index is -3.97. The van der Waals surface area contributed by atoms with Crippen molar-refractivity contribution in [3.05, 3.63) is 28.4 Å². The highest BCUT2D eigenvalue weighted by Gasteiger charge is 2.24. The molecule has 0 bridgehead atoms. The molecule has 0 aliphatic carbocycles. The highest BCUT2D eigenvalue weighted by atomic mass is 79.9. The fraction of sp³-hybridized carbons (Fsp3) is 0.100. The van der Waals surface area contributed by atoms with E-state index in [-0.39, 0.29) is 26.6 Å². The van der Waals surface area contributed by atoms with E-state index >= 15 is 0 Å². The first-order chi connectivity index (χ1) is 9.72. The van der Waals surface area contributed by atoms with Gasteiger partial charge in [-0.25, -0.2) is 9.48 Å². The lowest BCUT2D eigenvalue weighted by Gasteiger charge is -2.10. The van der Waals surface area contributed by atoms with Crippen LogP contribution in [-0.4, -0.2) is 34.5 Å². The Morgan fingerprint density at radius 3 is 2.62 bits per heavy atom. The molecule has 21 heavy (non-hydrogen) atoms. The predicted molar refractivity (Wildman–Crippen MR) is 77.3 cm³/mol. The van der Waals surface area contributed by atoms with E-state index in [4.69, 9.17) is 10.8 Å². The first-order valence-corrected chi connectivity index (χ1v) is 7.71. The van der Waals surface area contributed by atoms with Gasteiger partial charge >= 0.3 is 5.97 Å². The van der Waals surface area contributed by atoms with Gasteiger partial charge in [-0.15, -0.1) is 5.10 Å². The smallest absolute Gasteiger partial charge is 0.335 e. The number of sulfonamides is 1. The maximum Gasteiger partial charge on any atom is 0.335 e. The Kier molecular flexibility index (Phi) is 3.87. The van der Waals surface area contributed by atoms with Gasteiger partial charge in [-0.3, -0.25) is 4.72 Å². The molecular weight excluding hydrogens is 366 g/mol. The first-order valence-electron chi connectivity index (χ1n) is 5.43. The standard InChI is InChI=1S/C10H10BrN5O4S/c1-16-9(8(11)13-15-16)21(19,20)14-7-3-2-5(10(17)18)4-6(7)12/h2-4,14H,12H2,1H3,(H,17,18). The van der Waals surface area contributed by atoms with Gasteiger partial charge in [0, 0.05) is 7.05 Å². The lowest BCUT2D eigenvalue weighted by molar-refractivity contribution is 0.0697. The molecule has 0 unspecified atom stereocenters. The van der Waals surface area contributed by atoms with Crippen LogP contribution in [0.1, 0.15) is 10.4 Å². The van der Waals surface area contributed by atoms with Crippen molar-refractivity contribution in [3.8, 4) is 0 Å². The number of halogens is 1. The summed E-state index contributed by atoms with van der Waals surface area (Å²) in [6, 6.07) is 3.68. The van der Waals surface area contributed by atoms with Crippen LogP contribution in [0.5, 0.6) is 0 Å². The number of aryl methyl sites for hydroxylation is 1. The highest BCUT2D eigenvalue weighted by molar-refractivity contribution is 9.10. The molecule has 112 valence electrons. The fourth-order valence-corrected chi connectivity index (χ4v) is 3.78. The highest BCUT2D eigenvalue weighted by Crippen LogP contribution is 2.25. The van der Waals surface area contributed by atoms with Crippen molar-refractivity contribution in [1.82, 2.24) is 15.0 Å². The van der Waals surface area contributed by atoms with Gasteiger partial charge in [0.15, 0.2) is 4.60 Å². The van der Waals surface area contributed by atoms with Crippen LogP contribution in [-0.2, 0) is 17.1 Å². The molecule has 0 saturated carbocycles. The van der Waals surface area contributed by atoms with Crippen LogP contribution in [0.2, 0.25) is 0 Å². The summed E-state index contributed by atoms with van der Waals surface area (Å²) in [6.45, 7) is 0. The van der Waals surface area contributed by atoms with Crippen LogP contribution in [0.3, 0.4) is 0 Å². The van der Waals surface area contributed by atoms with Gasteiger partial charge in [0.1, 0.15) is 0 Å². The van der Waals surface area contributed by atoms with Crippen LogP contribution in [0, 0.1) is 0 Å². The van der Waals surface area contributed by atoms with E-state index in [1.807, 2.05) is 0 Å². The Bertz CT molecular complexity index is 797. The zero-order valence-corrected chi connectivity index (χ0v) is 13.0. The normalized spacial score (nSPS) is 11.3. The summed E-state index contributed by atoms with van der Waals surface area (Å²) < 4.78 is 27.9. The van der Waals surface area contributed by atoms with Gasteiger partial charge < -0.3 is 10.8 Å². The van der Waals surface area contributed by atoms with Gasteiger partial charge in [0.25, 0.3) is 10.0 Å². The van der Waals surface area contributed by atoms with E-state index in [1.54, 1.807) is 0 Å². The molecule has 4 N–H and O–H groups in total. The number of carboxylic acids is 1. The molecule has 9 nitrogen and oxygen atoms in total. The molecule has 1 aromatic heterocycles. The average molecular weight is 376 g/mol. The number of carboxylic acid groups (broad SMARTS) is 1. The van der Waals surface area contributed by atoms with E-state index in [1.165, 1.54) is 19.2 Å². The minimum absolute atomic E-state index is 0.00951. The van der Waals surface area contributed by atoms with Gasteiger partial charge in [0.2, 0.25) is 5.03 Å². The molecule has 11 heteroatoms. The Morgan fingerprint density at radius 1 is 1.48 bits per heavy atom. The van der Waals surface area contributed by atoms with Crippen molar-refractivity contribution in [1.29, 1.82) is 0 Å². The maximum absolute atomic E-state index is 12.3. The summed E-state index contributed by atoms with van der Waals surface area (Å²) in [7, 11) is -2.55. The topological polar surface area (TPSA) is 140 Å². The number of carbonyl (C=O) groups is 1. The maximum atomic E-state index is 12.3. The number of nitrogens with two attached hydrogens (primary N) is 1. The summed E-state index contributed by atoms with van der Waals surface area (Å²) in [5, 5.41) is 15.8. The number of nitrogen functional groups attached to an aromatic ring is 1. The van der Waals surface area contributed by atoms with Crippen molar-refractivity contribution < 1.29 is 18.3 Å². The number of aromatic nitrogens is 3. The predicted octanol–water partition coefficient (Wildman–Crippen LogP) is 0.659. The molecular formula is C10H10BrN5O4S. The second kappa shape index (κ2) is 5.33. The second-order valence-electron chi connectivity index (χ2n) is 4.02. The first kappa shape index (κ1) is 15.3. The number of rotatable bonds is 4. The van der Waals surface area contributed by atoms with Crippen molar-refractivity contribution in [2.75, 3.05) is 10.5 Å². The molecule has 0 radical (unpaired) electrons. The summed E-state index contributed by atoms with van der Waals surface area (Å²) in [4.78, 5) is 10.8. The van der Waals surface area contributed by atoms with Gasteiger partial charge in [-0.05, 0) is 34.1 Å². The lowest BCUT2D eigenvalue weighted by atomic mass is 10.2. The number of hydrogen-bond acceptors (Lipinski definition) is 6. The molecule has 0 aliphatic heterocycles. The third-order valence-corrected chi connectivity index (χ3v) is 4.79. The quantitative estimate of drug-likeness (QED) is 0.666. The van der Waals surface area contributed by atoms with E-state index in [2.05, 4.69) is 31.0 Å². The van der Waals surface area contributed by atoms with Crippen molar-refractivity contribution in [3.63, 3.8) is 0 Å². The zero-order chi connectivity index (χ0) is 15.8. The molecule has 0 spiro atoms. The number of hydrogen-bond donors (Lipinski definition) is 3. The third kappa shape index (κ3) is 2.97. The van der Waals surface area contributed by atoms with E-state index in [9.17, 15) is 13.2 Å². The van der Waals surface area contributed by atoms with Crippen molar-refractivity contribution >= 4 is 43.3 Å². The molecule has 0 saturated heterocycles. The summed E-state index contributed by atoms with van der Waals surface area (Å²) >= 11 is 2.99. The van der Waals surface area contributed by atoms with E-state index < -0.39 is 16.0 Å². The summed E-state index contributed by atoms with van der Waals surface area (Å²) in [5.41, 5.74) is 5.67. The fourth-order valence-electron chi connectivity index (χ4n) is 1.59. The largest absolute Gasteiger partial charge is 0.478 e. The van der Waals surface area contributed by atoms with Crippen molar-refractivity contribution in [2.45, 2.75) is 5.03 Å². The number of aromatic carboxylic acids is 1. The average Bonchev–Trinajstić information content (AvgIpc) is 2.71. The van der Waals surface area contributed by atoms with Crippen LogP contribution in [0.25, 0.3) is 0 Å². The molecule has 2 rings (SSSR count). The molecule has 0 aliphatic rings. The monoisotopic (exact) mass is 375 g/mol. The molecule has 2 aromatic rings. The Morgan fingerprint density at radius 2 is 2.14 bits per heavy atom. The summed E-state index contributed by atoms with van der Waals surface area (Å²) in [5.74, 6) is -1.16. The number of benzene rings is 1. The Hall–Kier alpha value is -2.14. The minimum Gasteiger partial charge on any atom is -0.478 e. The zero-order valence-electron chi connectivity index (χ0n) is 10.6. The van der Waals surface area contributed by atoms with Gasteiger partial charge in [-0.1, -0.05) is 5.21 Å². The van der Waals surface area contributed by atoms with Gasteiger partial charge in [-0.2, -0.15) is 8.42 Å². The number of nitrogens with one attached hydrogen (secondary N) is 1. The summed E-state index contributed by atoms with van der Waals surface area (Å²) in [6.07, 6.45) is 0. The van der Waals surface area contributed by atoms with E-state index in [0.717, 1.165) is 10.7 Å². The van der Waals surface area contributed by atoms with Gasteiger partial charge in [0.05, 0.1) is 16.9 Å².